The van der Waals surface area contributed by atoms with E-state index < -0.39 is 18.3 Å². The van der Waals surface area contributed by atoms with Gasteiger partial charge in [0.2, 0.25) is 0 Å². The molecule has 0 bridgehead atoms. The highest BCUT2D eigenvalue weighted by atomic mass is 16.7. The summed E-state index contributed by atoms with van der Waals surface area (Å²) >= 11 is 0. The van der Waals surface area contributed by atoms with E-state index in [9.17, 15) is 4.79 Å². The second-order valence-corrected chi connectivity index (χ2v) is 6.60. The van der Waals surface area contributed by atoms with Crippen LogP contribution in [0, 0.1) is 0 Å². The average Bonchev–Trinajstić information content (AvgIpc) is 2.75. The summed E-state index contributed by atoms with van der Waals surface area (Å²) in [6.45, 7) is 8.04. The smallest absolute Gasteiger partial charge is 0.399 e. The molecule has 0 N–H and O–H groups in total. The van der Waals surface area contributed by atoms with Gasteiger partial charge in [0.25, 0.3) is 0 Å². The van der Waals surface area contributed by atoms with Crippen molar-refractivity contribution in [3.8, 4) is 0 Å². The minimum Gasteiger partial charge on any atom is -0.399 e. The van der Waals surface area contributed by atoms with Crippen molar-refractivity contribution in [2.75, 3.05) is 0 Å². The highest BCUT2D eigenvalue weighted by Gasteiger charge is 2.51. The third-order valence-electron chi connectivity index (χ3n) is 4.65. The van der Waals surface area contributed by atoms with Crippen LogP contribution in [-0.2, 0) is 23.4 Å². The van der Waals surface area contributed by atoms with E-state index in [4.69, 9.17) is 9.31 Å². The highest BCUT2D eigenvalue weighted by molar-refractivity contribution is 6.62. The fourth-order valence-corrected chi connectivity index (χ4v) is 2.49. The van der Waals surface area contributed by atoms with E-state index in [1.807, 2.05) is 33.8 Å². The third kappa shape index (κ3) is 1.95. The number of aromatic nitrogens is 3. The van der Waals surface area contributed by atoms with E-state index in [0.29, 0.717) is 5.65 Å². The first-order chi connectivity index (χ1) is 9.64. The molecule has 0 radical (unpaired) electrons. The Morgan fingerprint density at radius 3 is 2.24 bits per heavy atom. The Balaban J connectivity index is 2.08. The first-order valence-corrected chi connectivity index (χ1v) is 7.01. The van der Waals surface area contributed by atoms with Crippen molar-refractivity contribution in [1.82, 2.24) is 14.1 Å². The molecule has 0 aromatic carbocycles. The van der Waals surface area contributed by atoms with E-state index in [-0.39, 0.29) is 5.69 Å². The molecule has 0 aliphatic carbocycles. The molecule has 1 aliphatic rings. The molecule has 0 saturated carbocycles. The van der Waals surface area contributed by atoms with Gasteiger partial charge in [-0.25, -0.2) is 9.78 Å². The van der Waals surface area contributed by atoms with Crippen LogP contribution in [0.15, 0.2) is 17.1 Å². The van der Waals surface area contributed by atoms with Crippen LogP contribution in [0.1, 0.15) is 27.7 Å². The van der Waals surface area contributed by atoms with Crippen LogP contribution in [0.3, 0.4) is 0 Å². The zero-order valence-corrected chi connectivity index (χ0v) is 13.3. The van der Waals surface area contributed by atoms with Crippen molar-refractivity contribution in [3.63, 3.8) is 0 Å². The molecular weight excluding hydrogens is 269 g/mol. The highest BCUT2D eigenvalue weighted by Crippen LogP contribution is 2.36. The number of hydrogen-bond donors (Lipinski definition) is 0. The van der Waals surface area contributed by atoms with Gasteiger partial charge in [0.15, 0.2) is 5.65 Å². The van der Waals surface area contributed by atoms with E-state index in [2.05, 4.69) is 4.98 Å². The Labute approximate surface area is 123 Å². The first-order valence-electron chi connectivity index (χ1n) is 7.01. The van der Waals surface area contributed by atoms with Gasteiger partial charge in [-0.05, 0) is 33.8 Å². The lowest BCUT2D eigenvalue weighted by Crippen LogP contribution is -2.41. The van der Waals surface area contributed by atoms with E-state index >= 15 is 0 Å². The molecule has 112 valence electrons. The molecule has 7 heteroatoms. The molecule has 0 spiro atoms. The summed E-state index contributed by atoms with van der Waals surface area (Å²) in [5.41, 5.74) is 1.37. The lowest BCUT2D eigenvalue weighted by Gasteiger charge is -2.32. The van der Waals surface area contributed by atoms with Crippen LogP contribution in [0.2, 0.25) is 0 Å². The fraction of sp³-hybridized carbons (Fsp3) is 0.571. The third-order valence-corrected chi connectivity index (χ3v) is 4.65. The summed E-state index contributed by atoms with van der Waals surface area (Å²) in [5.74, 6) is 0. The minimum absolute atomic E-state index is 0.0939. The van der Waals surface area contributed by atoms with Crippen molar-refractivity contribution in [2.24, 2.45) is 14.1 Å². The molecule has 3 rings (SSSR count). The normalized spacial score (nSPS) is 20.4. The molecule has 1 fully saturated rings. The van der Waals surface area contributed by atoms with Gasteiger partial charge in [-0.3, -0.25) is 9.13 Å². The number of hydrogen-bond acceptors (Lipinski definition) is 4. The number of fused-ring (bicyclic) bond motifs is 1. The predicted octanol–water partition coefficient (Wildman–Crippen LogP) is 0.571. The van der Waals surface area contributed by atoms with Crippen molar-refractivity contribution in [1.29, 1.82) is 0 Å². The Kier molecular flexibility index (Phi) is 2.87. The van der Waals surface area contributed by atoms with Crippen molar-refractivity contribution in [3.05, 3.63) is 22.7 Å². The summed E-state index contributed by atoms with van der Waals surface area (Å²) in [5, 5.41) is 0. The van der Waals surface area contributed by atoms with Crippen LogP contribution >= 0.6 is 0 Å². The average molecular weight is 289 g/mol. The molecule has 0 atom stereocenters. The van der Waals surface area contributed by atoms with Gasteiger partial charge in [0.05, 0.1) is 16.7 Å². The van der Waals surface area contributed by atoms with Gasteiger partial charge < -0.3 is 9.31 Å². The molecule has 2 aromatic rings. The zero-order chi connectivity index (χ0) is 15.6. The molecule has 1 aliphatic heterocycles. The van der Waals surface area contributed by atoms with Gasteiger partial charge in [-0.15, -0.1) is 0 Å². The largest absolute Gasteiger partial charge is 0.496 e. The molecule has 6 nitrogen and oxygen atoms in total. The number of aryl methyl sites for hydroxylation is 2. The Morgan fingerprint density at radius 2 is 1.67 bits per heavy atom. The SMILES string of the molecule is Cn1c(=O)n(C)c2ncc(B3OC(C)(C)C(C)(C)O3)cc21. The molecule has 0 unspecified atom stereocenters. The fourth-order valence-electron chi connectivity index (χ4n) is 2.49. The molecule has 2 aromatic heterocycles. The summed E-state index contributed by atoms with van der Waals surface area (Å²) in [6, 6.07) is 1.91. The Bertz CT molecular complexity index is 760. The standard InChI is InChI=1S/C14H20BN3O3/c1-13(2)14(3,4)21-15(20-13)9-7-10-11(16-8-9)18(6)12(19)17(10)5/h7-8H,1-6H3. The van der Waals surface area contributed by atoms with Crippen LogP contribution in [0.5, 0.6) is 0 Å². The van der Waals surface area contributed by atoms with Crippen molar-refractivity contribution < 1.29 is 9.31 Å². The number of rotatable bonds is 1. The molecule has 21 heavy (non-hydrogen) atoms. The van der Waals surface area contributed by atoms with Gasteiger partial charge in [0, 0.05) is 25.8 Å². The minimum atomic E-state index is -0.470. The number of pyridine rings is 1. The Hall–Kier alpha value is -1.60. The summed E-state index contributed by atoms with van der Waals surface area (Å²) in [6.07, 6.45) is 1.71. The Morgan fingerprint density at radius 1 is 1.10 bits per heavy atom. The zero-order valence-electron chi connectivity index (χ0n) is 13.3. The molecule has 0 amide bonds. The van der Waals surface area contributed by atoms with Crippen LogP contribution in [0.4, 0.5) is 0 Å². The van der Waals surface area contributed by atoms with Crippen molar-refractivity contribution >= 4 is 23.7 Å². The lowest BCUT2D eigenvalue weighted by atomic mass is 9.80. The number of nitrogens with zero attached hydrogens (tertiary/aromatic N) is 3. The monoisotopic (exact) mass is 289 g/mol. The van der Waals surface area contributed by atoms with Crippen molar-refractivity contribution in [2.45, 2.75) is 38.9 Å². The maximum atomic E-state index is 12.0. The summed E-state index contributed by atoms with van der Waals surface area (Å²) in [7, 11) is 2.98. The van der Waals surface area contributed by atoms with E-state index in [1.165, 1.54) is 4.57 Å². The second-order valence-electron chi connectivity index (χ2n) is 6.60. The van der Waals surface area contributed by atoms with Gasteiger partial charge in [-0.1, -0.05) is 0 Å². The van der Waals surface area contributed by atoms with Crippen LogP contribution in [0.25, 0.3) is 11.2 Å². The molecule has 1 saturated heterocycles. The maximum Gasteiger partial charge on any atom is 0.496 e. The predicted molar refractivity (Wildman–Crippen MR) is 81.7 cm³/mol. The van der Waals surface area contributed by atoms with E-state index in [0.717, 1.165) is 11.0 Å². The van der Waals surface area contributed by atoms with E-state index in [1.54, 1.807) is 24.9 Å². The van der Waals surface area contributed by atoms with Gasteiger partial charge in [-0.2, -0.15) is 0 Å². The van der Waals surface area contributed by atoms with Crippen LogP contribution in [-0.4, -0.2) is 32.4 Å². The van der Waals surface area contributed by atoms with Gasteiger partial charge in [0.1, 0.15) is 0 Å². The maximum absolute atomic E-state index is 12.0. The first kappa shape index (κ1) is 14.3. The molecular formula is C14H20BN3O3. The topological polar surface area (TPSA) is 58.3 Å². The quantitative estimate of drug-likeness (QED) is 0.720. The summed E-state index contributed by atoms with van der Waals surface area (Å²) in [4.78, 5) is 16.3. The number of imidazole rings is 1. The van der Waals surface area contributed by atoms with Gasteiger partial charge >= 0.3 is 12.8 Å². The summed E-state index contributed by atoms with van der Waals surface area (Å²) < 4.78 is 15.2. The lowest BCUT2D eigenvalue weighted by molar-refractivity contribution is 0.00578. The second kappa shape index (κ2) is 4.21. The van der Waals surface area contributed by atoms with Crippen LogP contribution < -0.4 is 11.2 Å². The molecule has 3 heterocycles.